The number of thiocarbonyl (C=S) groups is 1. The largest absolute Gasteiger partial charge is 0.360 e. The second-order valence-corrected chi connectivity index (χ2v) is 6.29. The number of amides is 1. The van der Waals surface area contributed by atoms with Gasteiger partial charge in [-0.2, -0.15) is 0 Å². The van der Waals surface area contributed by atoms with Crippen LogP contribution in [0.5, 0.6) is 0 Å². The molecule has 1 aliphatic heterocycles. The van der Waals surface area contributed by atoms with Crippen molar-refractivity contribution in [3.8, 4) is 11.8 Å². The van der Waals surface area contributed by atoms with Crippen LogP contribution in [0.4, 0.5) is 0 Å². The topological polar surface area (TPSA) is 44.4 Å². The maximum Gasteiger partial charge on any atom is 0.225 e. The lowest BCUT2D eigenvalue weighted by molar-refractivity contribution is -0.130. The predicted molar refractivity (Wildman–Crippen MR) is 101 cm³/mol. The standard InChI is InChI=1S/C19H23N3OS/c1-3-11-22(12-7-10-16-8-5-4-6-9-16)18(23)14-17-13-15(2)20-19(24)21-17/h3-6,8-9,15,17H,1,11-14H2,2H3,(H2,20,21,24)/t15-,17+/m1/s1. The van der Waals surface area contributed by atoms with Gasteiger partial charge in [-0.05, 0) is 37.7 Å². The molecule has 0 bridgehead atoms. The number of rotatable bonds is 5. The van der Waals surface area contributed by atoms with E-state index in [2.05, 4.69) is 36.0 Å². The van der Waals surface area contributed by atoms with Crippen LogP contribution in [0.3, 0.4) is 0 Å². The average molecular weight is 341 g/mol. The van der Waals surface area contributed by atoms with E-state index in [1.165, 1.54) is 0 Å². The molecule has 0 aromatic heterocycles. The highest BCUT2D eigenvalue weighted by Gasteiger charge is 2.24. The molecule has 126 valence electrons. The fourth-order valence-electron chi connectivity index (χ4n) is 2.64. The van der Waals surface area contributed by atoms with Crippen LogP contribution in [0.15, 0.2) is 43.0 Å². The fourth-order valence-corrected chi connectivity index (χ4v) is 3.01. The molecule has 1 heterocycles. The number of benzene rings is 1. The van der Waals surface area contributed by atoms with Crippen molar-refractivity contribution >= 4 is 23.2 Å². The van der Waals surface area contributed by atoms with E-state index < -0.39 is 0 Å². The van der Waals surface area contributed by atoms with E-state index in [9.17, 15) is 4.79 Å². The summed E-state index contributed by atoms with van der Waals surface area (Å²) in [5, 5.41) is 6.93. The minimum Gasteiger partial charge on any atom is -0.360 e. The van der Waals surface area contributed by atoms with Crippen LogP contribution >= 0.6 is 12.2 Å². The van der Waals surface area contributed by atoms with Crippen LogP contribution in [-0.2, 0) is 4.79 Å². The summed E-state index contributed by atoms with van der Waals surface area (Å²) in [6.07, 6.45) is 3.00. The molecule has 0 saturated carbocycles. The van der Waals surface area contributed by atoms with Crippen LogP contribution in [-0.4, -0.2) is 41.1 Å². The summed E-state index contributed by atoms with van der Waals surface area (Å²) in [5.74, 6) is 6.21. The van der Waals surface area contributed by atoms with Gasteiger partial charge in [0.2, 0.25) is 5.91 Å². The molecular formula is C19H23N3OS. The SMILES string of the molecule is C=CCN(CC#Cc1ccccc1)C(=O)C[C@@H]1C[C@@H](C)NC(=S)N1. The third-order valence-electron chi connectivity index (χ3n) is 3.75. The van der Waals surface area contributed by atoms with Gasteiger partial charge in [-0.15, -0.1) is 6.58 Å². The Morgan fingerprint density at radius 2 is 2.17 bits per heavy atom. The Morgan fingerprint density at radius 3 is 2.83 bits per heavy atom. The quantitative estimate of drug-likeness (QED) is 0.489. The van der Waals surface area contributed by atoms with Crippen molar-refractivity contribution < 1.29 is 4.79 Å². The van der Waals surface area contributed by atoms with E-state index in [0.29, 0.717) is 24.6 Å². The van der Waals surface area contributed by atoms with Crippen molar-refractivity contribution in [1.29, 1.82) is 0 Å². The molecular weight excluding hydrogens is 318 g/mol. The molecule has 2 rings (SSSR count). The first-order valence-corrected chi connectivity index (χ1v) is 8.49. The van der Waals surface area contributed by atoms with E-state index in [-0.39, 0.29) is 18.0 Å². The minimum absolute atomic E-state index is 0.0617. The molecule has 2 N–H and O–H groups in total. The maximum absolute atomic E-state index is 12.6. The van der Waals surface area contributed by atoms with Crippen molar-refractivity contribution in [2.24, 2.45) is 0 Å². The number of nitrogens with zero attached hydrogens (tertiary/aromatic N) is 1. The lowest BCUT2D eigenvalue weighted by Gasteiger charge is -2.32. The summed E-state index contributed by atoms with van der Waals surface area (Å²) in [6.45, 7) is 6.69. The van der Waals surface area contributed by atoms with Gasteiger partial charge in [0, 0.05) is 30.6 Å². The van der Waals surface area contributed by atoms with Gasteiger partial charge in [0.1, 0.15) is 0 Å². The highest BCUT2D eigenvalue weighted by atomic mass is 32.1. The summed E-state index contributed by atoms with van der Waals surface area (Å²) in [4.78, 5) is 14.3. The molecule has 2 atom stereocenters. The average Bonchev–Trinajstić information content (AvgIpc) is 2.54. The molecule has 0 radical (unpaired) electrons. The molecule has 0 unspecified atom stereocenters. The maximum atomic E-state index is 12.6. The molecule has 5 heteroatoms. The summed E-state index contributed by atoms with van der Waals surface area (Å²) < 4.78 is 0. The second kappa shape index (κ2) is 9.09. The lowest BCUT2D eigenvalue weighted by atomic mass is 10.0. The Labute approximate surface area is 149 Å². The summed E-state index contributed by atoms with van der Waals surface area (Å²) in [6, 6.07) is 10.1. The van der Waals surface area contributed by atoms with E-state index >= 15 is 0 Å². The van der Waals surface area contributed by atoms with Gasteiger partial charge in [-0.1, -0.05) is 36.1 Å². The van der Waals surface area contributed by atoms with Crippen molar-refractivity contribution in [2.75, 3.05) is 13.1 Å². The number of nitrogens with one attached hydrogen (secondary N) is 2. The van der Waals surface area contributed by atoms with Gasteiger partial charge >= 0.3 is 0 Å². The molecule has 1 aromatic rings. The zero-order valence-corrected chi connectivity index (χ0v) is 14.7. The first kappa shape index (κ1) is 18.0. The van der Waals surface area contributed by atoms with Gasteiger partial charge in [-0.3, -0.25) is 4.79 Å². The lowest BCUT2D eigenvalue weighted by Crippen LogP contribution is -2.54. The van der Waals surface area contributed by atoms with E-state index in [1.807, 2.05) is 30.3 Å². The summed E-state index contributed by atoms with van der Waals surface area (Å²) in [5.41, 5.74) is 0.947. The van der Waals surface area contributed by atoms with Gasteiger partial charge in [-0.25, -0.2) is 0 Å². The smallest absolute Gasteiger partial charge is 0.225 e. The zero-order valence-electron chi connectivity index (χ0n) is 13.9. The Kier molecular flexibility index (Phi) is 6.83. The van der Waals surface area contributed by atoms with Crippen LogP contribution in [0.2, 0.25) is 0 Å². The molecule has 24 heavy (non-hydrogen) atoms. The van der Waals surface area contributed by atoms with Crippen LogP contribution in [0.25, 0.3) is 0 Å². The number of carbonyl (C=O) groups is 1. The summed E-state index contributed by atoms with van der Waals surface area (Å²) in [7, 11) is 0. The van der Waals surface area contributed by atoms with Crippen LogP contribution in [0, 0.1) is 11.8 Å². The minimum atomic E-state index is 0.0617. The third-order valence-corrected chi connectivity index (χ3v) is 3.99. The van der Waals surface area contributed by atoms with E-state index in [0.717, 1.165) is 12.0 Å². The highest BCUT2D eigenvalue weighted by molar-refractivity contribution is 7.80. The van der Waals surface area contributed by atoms with Crippen LogP contribution < -0.4 is 10.6 Å². The van der Waals surface area contributed by atoms with E-state index in [1.54, 1.807) is 11.0 Å². The van der Waals surface area contributed by atoms with Crippen molar-refractivity contribution in [3.05, 3.63) is 48.6 Å². The molecule has 1 aromatic carbocycles. The molecule has 1 aliphatic rings. The second-order valence-electron chi connectivity index (χ2n) is 5.89. The third kappa shape index (κ3) is 5.71. The monoisotopic (exact) mass is 341 g/mol. The van der Waals surface area contributed by atoms with Crippen molar-refractivity contribution in [1.82, 2.24) is 15.5 Å². The van der Waals surface area contributed by atoms with Gasteiger partial charge in [0.25, 0.3) is 0 Å². The Hall–Kier alpha value is -2.32. The van der Waals surface area contributed by atoms with Gasteiger partial charge in [0.05, 0.1) is 6.54 Å². The Balaban J connectivity index is 1.94. The Morgan fingerprint density at radius 1 is 1.42 bits per heavy atom. The molecule has 1 saturated heterocycles. The number of hydrogen-bond acceptors (Lipinski definition) is 2. The molecule has 0 aliphatic carbocycles. The highest BCUT2D eigenvalue weighted by Crippen LogP contribution is 2.09. The number of hydrogen-bond donors (Lipinski definition) is 2. The molecule has 1 fully saturated rings. The number of carbonyl (C=O) groups excluding carboxylic acids is 1. The Bertz CT molecular complexity index is 648. The fraction of sp³-hybridized carbons (Fsp3) is 0.368. The molecule has 1 amide bonds. The molecule has 4 nitrogen and oxygen atoms in total. The van der Waals surface area contributed by atoms with Gasteiger partial charge < -0.3 is 15.5 Å². The van der Waals surface area contributed by atoms with Crippen molar-refractivity contribution in [3.63, 3.8) is 0 Å². The normalized spacial score (nSPS) is 19.3. The van der Waals surface area contributed by atoms with Gasteiger partial charge in [0.15, 0.2) is 5.11 Å². The first-order chi connectivity index (χ1) is 11.6. The predicted octanol–water partition coefficient (Wildman–Crippen LogP) is 2.07. The molecule has 0 spiro atoms. The first-order valence-electron chi connectivity index (χ1n) is 8.08. The zero-order chi connectivity index (χ0) is 17.4. The van der Waals surface area contributed by atoms with Crippen molar-refractivity contribution in [2.45, 2.75) is 31.8 Å². The van der Waals surface area contributed by atoms with E-state index in [4.69, 9.17) is 12.2 Å². The summed E-state index contributed by atoms with van der Waals surface area (Å²) >= 11 is 5.17. The van der Waals surface area contributed by atoms with Crippen LogP contribution in [0.1, 0.15) is 25.3 Å².